The normalized spacial score (nSPS) is 23.5. The topological polar surface area (TPSA) is 44.8 Å². The van der Waals surface area contributed by atoms with Gasteiger partial charge in [-0.2, -0.15) is 0 Å². The molecule has 0 radical (unpaired) electrons. The van der Waals surface area contributed by atoms with Gasteiger partial charge < -0.3 is 14.2 Å². The van der Waals surface area contributed by atoms with Gasteiger partial charge in [0, 0.05) is 12.3 Å². The summed E-state index contributed by atoms with van der Waals surface area (Å²) in [5, 5.41) is 0. The van der Waals surface area contributed by atoms with Crippen LogP contribution in [0.15, 0.2) is 54.1 Å². The first-order chi connectivity index (χ1) is 13.8. The van der Waals surface area contributed by atoms with E-state index in [0.29, 0.717) is 19.0 Å². The van der Waals surface area contributed by atoms with Crippen LogP contribution in [0, 0.1) is 0 Å². The van der Waals surface area contributed by atoms with Crippen molar-refractivity contribution in [1.82, 2.24) is 0 Å². The summed E-state index contributed by atoms with van der Waals surface area (Å²) < 4.78 is 17.5. The molecule has 0 bridgehead atoms. The Morgan fingerprint density at radius 2 is 2.11 bits per heavy atom. The molecular weight excluding hydrogens is 376 g/mol. The fraction of sp³-hybridized carbons (Fsp3) is 0.522. The Morgan fingerprint density at radius 3 is 2.82 bits per heavy atom. The average molecular weight is 407 g/mol. The highest BCUT2D eigenvalue weighted by molar-refractivity contribution is 6.18. The molecule has 154 valence electrons. The number of carbonyl (C=O) groups is 1. The molecule has 1 aromatic carbocycles. The lowest BCUT2D eigenvalue weighted by molar-refractivity contribution is -0.134. The van der Waals surface area contributed by atoms with E-state index < -0.39 is 0 Å². The molecule has 5 heteroatoms. The van der Waals surface area contributed by atoms with E-state index in [4.69, 9.17) is 25.8 Å². The first-order valence-corrected chi connectivity index (χ1v) is 10.6. The average Bonchev–Trinajstić information content (AvgIpc) is 2.94. The van der Waals surface area contributed by atoms with Gasteiger partial charge in [0.15, 0.2) is 0 Å². The summed E-state index contributed by atoms with van der Waals surface area (Å²) in [6.07, 6.45) is 10.5. The van der Waals surface area contributed by atoms with Gasteiger partial charge >= 0.3 is 0 Å². The molecule has 0 saturated carbocycles. The highest BCUT2D eigenvalue weighted by Crippen LogP contribution is 2.27. The number of benzene rings is 1. The predicted octanol–water partition coefficient (Wildman–Crippen LogP) is 5.20. The molecule has 0 amide bonds. The smallest absolute Gasteiger partial charge is 0.293 e. The molecule has 1 saturated heterocycles. The Morgan fingerprint density at radius 1 is 1.29 bits per heavy atom. The van der Waals surface area contributed by atoms with Crippen LogP contribution in [0.4, 0.5) is 0 Å². The second kappa shape index (κ2) is 13.5. The maximum Gasteiger partial charge on any atom is 0.293 e. The van der Waals surface area contributed by atoms with Crippen molar-refractivity contribution in [1.29, 1.82) is 0 Å². The second-order valence-corrected chi connectivity index (χ2v) is 7.27. The number of hydrogen-bond acceptors (Lipinski definition) is 4. The summed E-state index contributed by atoms with van der Waals surface area (Å²) >= 11 is 5.86. The molecule has 0 spiro atoms. The third-order valence-electron chi connectivity index (χ3n) is 4.76. The number of alkyl halides is 1. The maximum atomic E-state index is 10.6. The van der Waals surface area contributed by atoms with Crippen LogP contribution in [-0.4, -0.2) is 37.3 Å². The summed E-state index contributed by atoms with van der Waals surface area (Å²) in [6.45, 7) is 3.48. The van der Waals surface area contributed by atoms with E-state index in [0.717, 1.165) is 43.2 Å². The third-order valence-corrected chi connectivity index (χ3v) is 4.94. The SMILES string of the molecule is CCC/C=C(\C=C/CCl)[C@H]1CC(OCc2ccccc2)CCC(COC=O)O1. The van der Waals surface area contributed by atoms with Crippen LogP contribution in [0.2, 0.25) is 0 Å². The van der Waals surface area contributed by atoms with Crippen molar-refractivity contribution in [2.24, 2.45) is 0 Å². The molecule has 3 atom stereocenters. The Labute approximate surface area is 173 Å². The molecule has 1 aromatic rings. The van der Waals surface area contributed by atoms with Crippen LogP contribution in [0.25, 0.3) is 0 Å². The number of unbranched alkanes of at least 4 members (excludes halogenated alkanes) is 1. The monoisotopic (exact) mass is 406 g/mol. The van der Waals surface area contributed by atoms with Gasteiger partial charge in [0.1, 0.15) is 6.61 Å². The molecule has 1 heterocycles. The Kier molecular flexibility index (Phi) is 11.0. The molecule has 2 rings (SSSR count). The molecule has 0 aliphatic carbocycles. The molecule has 1 fully saturated rings. The fourth-order valence-electron chi connectivity index (χ4n) is 3.31. The van der Waals surface area contributed by atoms with Gasteiger partial charge in [0.25, 0.3) is 6.47 Å². The highest BCUT2D eigenvalue weighted by atomic mass is 35.5. The summed E-state index contributed by atoms with van der Waals surface area (Å²) in [7, 11) is 0. The van der Waals surface area contributed by atoms with Crippen molar-refractivity contribution in [2.75, 3.05) is 12.5 Å². The van der Waals surface area contributed by atoms with Crippen LogP contribution >= 0.6 is 11.6 Å². The van der Waals surface area contributed by atoms with Crippen LogP contribution in [0.1, 0.15) is 44.6 Å². The van der Waals surface area contributed by atoms with E-state index >= 15 is 0 Å². The number of carbonyl (C=O) groups excluding carboxylic acids is 1. The van der Waals surface area contributed by atoms with Crippen molar-refractivity contribution >= 4 is 18.1 Å². The van der Waals surface area contributed by atoms with E-state index in [9.17, 15) is 4.79 Å². The number of rotatable bonds is 11. The highest BCUT2D eigenvalue weighted by Gasteiger charge is 2.28. The lowest BCUT2D eigenvalue weighted by Crippen LogP contribution is -2.26. The van der Waals surface area contributed by atoms with Gasteiger partial charge in [-0.05, 0) is 30.4 Å². The van der Waals surface area contributed by atoms with Gasteiger partial charge in [-0.15, -0.1) is 11.6 Å². The van der Waals surface area contributed by atoms with Gasteiger partial charge in [-0.3, -0.25) is 4.79 Å². The minimum absolute atomic E-state index is 0.0841. The van der Waals surface area contributed by atoms with Gasteiger partial charge in [0.05, 0.1) is 24.9 Å². The number of ether oxygens (including phenoxy) is 3. The van der Waals surface area contributed by atoms with E-state index in [1.54, 1.807) is 0 Å². The summed E-state index contributed by atoms with van der Waals surface area (Å²) in [5.74, 6) is 0.460. The van der Waals surface area contributed by atoms with Crippen LogP contribution in [0.3, 0.4) is 0 Å². The summed E-state index contributed by atoms with van der Waals surface area (Å²) in [5.41, 5.74) is 2.28. The van der Waals surface area contributed by atoms with E-state index in [1.165, 1.54) is 0 Å². The van der Waals surface area contributed by atoms with Crippen molar-refractivity contribution < 1.29 is 19.0 Å². The first kappa shape index (κ1) is 22.7. The third kappa shape index (κ3) is 8.17. The quantitative estimate of drug-likeness (QED) is 0.287. The van der Waals surface area contributed by atoms with Crippen LogP contribution in [0.5, 0.6) is 0 Å². The van der Waals surface area contributed by atoms with Gasteiger partial charge in [0.2, 0.25) is 0 Å². The molecular formula is C23H31ClO4. The summed E-state index contributed by atoms with van der Waals surface area (Å²) in [6, 6.07) is 10.2. The fourth-order valence-corrected chi connectivity index (χ4v) is 3.40. The molecule has 0 aromatic heterocycles. The maximum absolute atomic E-state index is 10.6. The number of halogens is 1. The zero-order valence-corrected chi connectivity index (χ0v) is 17.4. The first-order valence-electron chi connectivity index (χ1n) is 10.1. The molecule has 2 unspecified atom stereocenters. The van der Waals surface area contributed by atoms with E-state index in [2.05, 4.69) is 25.1 Å². The zero-order valence-electron chi connectivity index (χ0n) is 16.6. The minimum Gasteiger partial charge on any atom is -0.465 e. The minimum atomic E-state index is -0.130. The van der Waals surface area contributed by atoms with E-state index in [-0.39, 0.29) is 24.9 Å². The number of allylic oxidation sites excluding steroid dienone is 2. The summed E-state index contributed by atoms with van der Waals surface area (Å²) in [4.78, 5) is 10.6. The Bertz CT molecular complexity index is 614. The molecule has 4 nitrogen and oxygen atoms in total. The molecule has 1 aliphatic rings. The van der Waals surface area contributed by atoms with Crippen molar-refractivity contribution in [3.05, 3.63) is 59.7 Å². The zero-order chi connectivity index (χ0) is 20.0. The molecule has 28 heavy (non-hydrogen) atoms. The largest absolute Gasteiger partial charge is 0.465 e. The van der Waals surface area contributed by atoms with Crippen molar-refractivity contribution in [3.8, 4) is 0 Å². The second-order valence-electron chi connectivity index (χ2n) is 6.96. The molecule has 0 N–H and O–H groups in total. The van der Waals surface area contributed by atoms with Crippen LogP contribution < -0.4 is 0 Å². The Balaban J connectivity index is 2.10. The van der Waals surface area contributed by atoms with Crippen LogP contribution in [-0.2, 0) is 25.6 Å². The lowest BCUT2D eigenvalue weighted by atomic mass is 10.00. The van der Waals surface area contributed by atoms with Gasteiger partial charge in [-0.25, -0.2) is 0 Å². The van der Waals surface area contributed by atoms with Crippen molar-refractivity contribution in [2.45, 2.75) is 63.9 Å². The lowest BCUT2D eigenvalue weighted by Gasteiger charge is -2.24. The Hall–Kier alpha value is -1.62. The van der Waals surface area contributed by atoms with Crippen molar-refractivity contribution in [3.63, 3.8) is 0 Å². The predicted molar refractivity (Wildman–Crippen MR) is 112 cm³/mol. The standard InChI is InChI=1S/C23H31ClO4/c1-2-3-10-20(11-7-14-24)23-15-21(12-13-22(28-23)17-26-18-25)27-16-19-8-5-4-6-9-19/h4-11,18,21-23H,2-3,12-17H2,1H3/b11-7-,20-10+/t21?,22?,23-/m1/s1. The van der Waals surface area contributed by atoms with Gasteiger partial charge in [-0.1, -0.05) is 61.9 Å². The number of hydrogen-bond donors (Lipinski definition) is 0. The van der Waals surface area contributed by atoms with E-state index in [1.807, 2.05) is 30.4 Å². The molecule has 1 aliphatic heterocycles.